The van der Waals surface area contributed by atoms with Gasteiger partial charge in [0.2, 0.25) is 0 Å². The van der Waals surface area contributed by atoms with Crippen LogP contribution in [0.4, 0.5) is 9.59 Å². The Bertz CT molecular complexity index is 493. The number of amides is 2. The molecule has 8 nitrogen and oxygen atoms in total. The second-order valence-electron chi connectivity index (χ2n) is 5.08. The van der Waals surface area contributed by atoms with Gasteiger partial charge in [-0.1, -0.05) is 30.3 Å². The average molecular weight is 310 g/mol. The molecule has 0 aromatic heterocycles. The molecule has 1 aromatic rings. The Morgan fingerprint density at radius 3 is 2.00 bits per heavy atom. The molecule has 1 fully saturated rings. The summed E-state index contributed by atoms with van der Waals surface area (Å²) in [5.41, 5.74) is 9.96. The summed E-state index contributed by atoms with van der Waals surface area (Å²) in [6.45, 7) is 0.120. The van der Waals surface area contributed by atoms with E-state index in [0.717, 1.165) is 5.56 Å². The number of hydrogen-bond acceptors (Lipinski definition) is 6. The van der Waals surface area contributed by atoms with Crippen LogP contribution in [-0.4, -0.2) is 38.6 Å². The van der Waals surface area contributed by atoms with Crippen molar-refractivity contribution < 1.29 is 28.5 Å². The van der Waals surface area contributed by atoms with Crippen molar-refractivity contribution in [3.05, 3.63) is 35.9 Å². The third-order valence-electron chi connectivity index (χ3n) is 3.19. The van der Waals surface area contributed by atoms with Crippen LogP contribution in [0.1, 0.15) is 11.9 Å². The largest absolute Gasteiger partial charge is 0.449 e. The molecule has 0 saturated carbocycles. The van der Waals surface area contributed by atoms with Crippen molar-refractivity contribution >= 4 is 12.2 Å². The summed E-state index contributed by atoms with van der Waals surface area (Å²) in [5.74, 6) is 0. The van der Waals surface area contributed by atoms with Gasteiger partial charge >= 0.3 is 12.2 Å². The summed E-state index contributed by atoms with van der Waals surface area (Å²) in [7, 11) is 0. The van der Waals surface area contributed by atoms with Crippen molar-refractivity contribution in [3.8, 4) is 0 Å². The Hall–Kier alpha value is -2.32. The van der Waals surface area contributed by atoms with Gasteiger partial charge in [-0.05, 0) is 0 Å². The average Bonchev–Trinajstić information content (AvgIpc) is 2.53. The van der Waals surface area contributed by atoms with Crippen LogP contribution in [0.5, 0.6) is 0 Å². The summed E-state index contributed by atoms with van der Waals surface area (Å²) in [5, 5.41) is 0. The highest BCUT2D eigenvalue weighted by molar-refractivity contribution is 5.65. The fourth-order valence-electron chi connectivity index (χ4n) is 2.05. The van der Waals surface area contributed by atoms with E-state index in [1.54, 1.807) is 0 Å². The molecular weight excluding hydrogens is 292 g/mol. The van der Waals surface area contributed by atoms with E-state index in [4.69, 9.17) is 30.4 Å². The van der Waals surface area contributed by atoms with Crippen LogP contribution in [-0.2, 0) is 18.9 Å². The molecule has 0 radical (unpaired) electrons. The maximum absolute atomic E-state index is 10.8. The standard InChI is InChI=1S/C14H18N2O6/c15-12(17)21-8-14(9-22-13(16)18)6-19-11(20-7-14)10-4-2-1-3-5-10/h1-5,11H,6-9H2,(H2,15,17)(H2,16,18). The molecule has 1 heterocycles. The van der Waals surface area contributed by atoms with Crippen LogP contribution in [0.25, 0.3) is 0 Å². The molecule has 0 aliphatic carbocycles. The molecule has 120 valence electrons. The van der Waals surface area contributed by atoms with Crippen molar-refractivity contribution in [2.24, 2.45) is 16.9 Å². The number of ether oxygens (including phenoxy) is 4. The van der Waals surface area contributed by atoms with Gasteiger partial charge in [0.25, 0.3) is 0 Å². The van der Waals surface area contributed by atoms with Crippen molar-refractivity contribution in [3.63, 3.8) is 0 Å². The zero-order valence-corrected chi connectivity index (χ0v) is 11.9. The lowest BCUT2D eigenvalue weighted by atomic mass is 9.91. The summed E-state index contributed by atoms with van der Waals surface area (Å²) in [6.07, 6.45) is -2.39. The maximum Gasteiger partial charge on any atom is 0.404 e. The second-order valence-corrected chi connectivity index (χ2v) is 5.08. The summed E-state index contributed by atoms with van der Waals surface area (Å²) >= 11 is 0. The zero-order valence-electron chi connectivity index (χ0n) is 11.9. The third-order valence-corrected chi connectivity index (χ3v) is 3.19. The molecule has 0 unspecified atom stereocenters. The lowest BCUT2D eigenvalue weighted by Gasteiger charge is -2.38. The Balaban J connectivity index is 1.99. The highest BCUT2D eigenvalue weighted by Crippen LogP contribution is 2.32. The van der Waals surface area contributed by atoms with E-state index in [-0.39, 0.29) is 26.4 Å². The summed E-state index contributed by atoms with van der Waals surface area (Å²) in [6, 6.07) is 9.37. The molecule has 0 spiro atoms. The number of benzene rings is 1. The quantitative estimate of drug-likeness (QED) is 0.833. The molecular formula is C14H18N2O6. The molecule has 4 N–H and O–H groups in total. The van der Waals surface area contributed by atoms with E-state index in [2.05, 4.69) is 0 Å². The lowest BCUT2D eigenvalue weighted by Crippen LogP contribution is -2.47. The van der Waals surface area contributed by atoms with Gasteiger partial charge in [0, 0.05) is 5.56 Å². The number of nitrogens with two attached hydrogens (primary N) is 2. The topological polar surface area (TPSA) is 123 Å². The van der Waals surface area contributed by atoms with Gasteiger partial charge in [-0.25, -0.2) is 9.59 Å². The Labute approximate surface area is 127 Å². The minimum absolute atomic E-state index is 0.100. The van der Waals surface area contributed by atoms with Crippen LogP contribution in [0.2, 0.25) is 0 Å². The van der Waals surface area contributed by atoms with Crippen molar-refractivity contribution in [2.45, 2.75) is 6.29 Å². The Kier molecular flexibility index (Phi) is 5.18. The van der Waals surface area contributed by atoms with Gasteiger partial charge in [-0.3, -0.25) is 0 Å². The highest BCUT2D eigenvalue weighted by atomic mass is 16.7. The fraction of sp³-hybridized carbons (Fsp3) is 0.429. The third kappa shape index (κ3) is 4.34. The molecule has 2 amide bonds. The van der Waals surface area contributed by atoms with Gasteiger partial charge < -0.3 is 30.4 Å². The predicted molar refractivity (Wildman–Crippen MR) is 74.6 cm³/mol. The normalized spacial score (nSPS) is 17.6. The predicted octanol–water partition coefficient (Wildman–Crippen LogP) is 0.909. The minimum Gasteiger partial charge on any atom is -0.449 e. The SMILES string of the molecule is NC(=O)OCC1(COC(N)=O)COC(c2ccccc2)OC1. The minimum atomic E-state index is -0.927. The zero-order chi connectivity index (χ0) is 16.0. The maximum atomic E-state index is 10.8. The van der Waals surface area contributed by atoms with Crippen LogP contribution in [0.15, 0.2) is 30.3 Å². The van der Waals surface area contributed by atoms with Gasteiger partial charge in [0.05, 0.1) is 18.6 Å². The molecule has 2 rings (SSSR count). The second kappa shape index (κ2) is 7.10. The highest BCUT2D eigenvalue weighted by Gasteiger charge is 2.40. The van der Waals surface area contributed by atoms with E-state index in [1.165, 1.54) is 0 Å². The van der Waals surface area contributed by atoms with Gasteiger partial charge in [0.1, 0.15) is 13.2 Å². The Morgan fingerprint density at radius 1 is 1.05 bits per heavy atom. The molecule has 0 atom stereocenters. The first-order valence-electron chi connectivity index (χ1n) is 6.63. The fourth-order valence-corrected chi connectivity index (χ4v) is 2.05. The van der Waals surface area contributed by atoms with E-state index in [1.807, 2.05) is 30.3 Å². The van der Waals surface area contributed by atoms with Crippen LogP contribution >= 0.6 is 0 Å². The molecule has 22 heavy (non-hydrogen) atoms. The van der Waals surface area contributed by atoms with Gasteiger partial charge in [-0.15, -0.1) is 0 Å². The Morgan fingerprint density at radius 2 is 1.55 bits per heavy atom. The van der Waals surface area contributed by atoms with E-state index >= 15 is 0 Å². The monoisotopic (exact) mass is 310 g/mol. The summed E-state index contributed by atoms with van der Waals surface area (Å²) < 4.78 is 20.9. The number of primary amides is 2. The number of carbonyl (C=O) groups excluding carboxylic acids is 2. The van der Waals surface area contributed by atoms with E-state index < -0.39 is 23.9 Å². The van der Waals surface area contributed by atoms with Gasteiger partial charge in [-0.2, -0.15) is 0 Å². The van der Waals surface area contributed by atoms with Crippen molar-refractivity contribution in [2.75, 3.05) is 26.4 Å². The van der Waals surface area contributed by atoms with Crippen molar-refractivity contribution in [1.29, 1.82) is 0 Å². The molecule has 1 aromatic carbocycles. The smallest absolute Gasteiger partial charge is 0.404 e. The molecule has 0 bridgehead atoms. The van der Waals surface area contributed by atoms with Gasteiger partial charge in [0.15, 0.2) is 6.29 Å². The van der Waals surface area contributed by atoms with Crippen molar-refractivity contribution in [1.82, 2.24) is 0 Å². The molecule has 8 heteroatoms. The van der Waals surface area contributed by atoms with Crippen LogP contribution < -0.4 is 11.5 Å². The number of rotatable bonds is 5. The number of carbonyl (C=O) groups is 2. The lowest BCUT2D eigenvalue weighted by molar-refractivity contribution is -0.247. The summed E-state index contributed by atoms with van der Waals surface area (Å²) in [4.78, 5) is 21.6. The van der Waals surface area contributed by atoms with E-state index in [9.17, 15) is 9.59 Å². The molecule has 1 aliphatic heterocycles. The first kappa shape index (κ1) is 16.1. The molecule has 1 aliphatic rings. The first-order valence-corrected chi connectivity index (χ1v) is 6.63. The van der Waals surface area contributed by atoms with Crippen LogP contribution in [0, 0.1) is 5.41 Å². The number of hydrogen-bond donors (Lipinski definition) is 2. The molecule has 1 saturated heterocycles. The van der Waals surface area contributed by atoms with E-state index in [0.29, 0.717) is 0 Å². The van der Waals surface area contributed by atoms with Crippen LogP contribution in [0.3, 0.4) is 0 Å². The first-order chi connectivity index (χ1) is 10.5.